The number of carbonyl (C=O) groups is 1. The first-order chi connectivity index (χ1) is 5.24. The second-order valence-corrected chi connectivity index (χ2v) is 3.24. The molecule has 0 aromatic heterocycles. The third-order valence-electron chi connectivity index (χ3n) is 1.88. The Balaban J connectivity index is 2.60. The van der Waals surface area contributed by atoms with Crippen LogP contribution in [-0.4, -0.2) is 5.78 Å². The van der Waals surface area contributed by atoms with Crippen molar-refractivity contribution in [2.45, 2.75) is 19.3 Å². The molecular weight excluding hydrogens is 160 g/mol. The molecule has 0 aromatic carbocycles. The van der Waals surface area contributed by atoms with Gasteiger partial charge in [0, 0.05) is 11.0 Å². The predicted molar refractivity (Wildman–Crippen MR) is 46.5 cm³/mol. The van der Waals surface area contributed by atoms with Crippen molar-refractivity contribution in [1.82, 2.24) is 0 Å². The van der Waals surface area contributed by atoms with Gasteiger partial charge in [0.15, 0.2) is 5.78 Å². The number of hydrogen-bond donors (Lipinski definition) is 0. The summed E-state index contributed by atoms with van der Waals surface area (Å²) in [6.45, 7) is 3.60. The number of rotatable bonds is 2. The summed E-state index contributed by atoms with van der Waals surface area (Å²) in [7, 11) is 0. The summed E-state index contributed by atoms with van der Waals surface area (Å²) >= 11 is 5.69. The highest BCUT2D eigenvalue weighted by molar-refractivity contribution is 6.31. The van der Waals surface area contributed by atoms with Gasteiger partial charge in [0.2, 0.25) is 0 Å². The lowest BCUT2D eigenvalue weighted by Gasteiger charge is -2.15. The predicted octanol–water partition coefficient (Wildman–Crippen LogP) is 2.66. The summed E-state index contributed by atoms with van der Waals surface area (Å²) < 4.78 is 0. The minimum absolute atomic E-state index is 0.134. The van der Waals surface area contributed by atoms with E-state index in [-0.39, 0.29) is 11.7 Å². The maximum Gasteiger partial charge on any atom is 0.160 e. The van der Waals surface area contributed by atoms with Crippen LogP contribution in [0.5, 0.6) is 0 Å². The SMILES string of the molecule is C=CCC1CCC(Cl)=CC1=O. The maximum atomic E-state index is 11.2. The van der Waals surface area contributed by atoms with Gasteiger partial charge in [-0.25, -0.2) is 0 Å². The molecule has 0 fully saturated rings. The Labute approximate surface area is 71.7 Å². The van der Waals surface area contributed by atoms with Gasteiger partial charge in [0.25, 0.3) is 0 Å². The Morgan fingerprint density at radius 3 is 3.09 bits per heavy atom. The first-order valence-corrected chi connectivity index (χ1v) is 4.12. The van der Waals surface area contributed by atoms with Gasteiger partial charge < -0.3 is 0 Å². The zero-order chi connectivity index (χ0) is 8.27. The van der Waals surface area contributed by atoms with Gasteiger partial charge >= 0.3 is 0 Å². The number of halogens is 1. The highest BCUT2D eigenvalue weighted by Crippen LogP contribution is 2.25. The van der Waals surface area contributed by atoms with Gasteiger partial charge in [0.1, 0.15) is 0 Å². The molecule has 1 unspecified atom stereocenters. The molecule has 1 aliphatic carbocycles. The molecule has 0 aliphatic heterocycles. The van der Waals surface area contributed by atoms with E-state index in [0.29, 0.717) is 5.03 Å². The monoisotopic (exact) mass is 170 g/mol. The van der Waals surface area contributed by atoms with Gasteiger partial charge in [0.05, 0.1) is 0 Å². The van der Waals surface area contributed by atoms with Crippen LogP contribution < -0.4 is 0 Å². The van der Waals surface area contributed by atoms with Crippen molar-refractivity contribution in [3.05, 3.63) is 23.8 Å². The van der Waals surface area contributed by atoms with E-state index in [9.17, 15) is 4.79 Å². The number of ketones is 1. The second-order valence-electron chi connectivity index (χ2n) is 2.75. The Morgan fingerprint density at radius 1 is 1.82 bits per heavy atom. The third kappa shape index (κ3) is 2.19. The molecule has 0 N–H and O–H groups in total. The molecule has 0 heterocycles. The summed E-state index contributed by atoms with van der Waals surface area (Å²) in [6.07, 6.45) is 5.82. The largest absolute Gasteiger partial charge is 0.294 e. The summed E-state index contributed by atoms with van der Waals surface area (Å²) in [5.74, 6) is 0.288. The topological polar surface area (TPSA) is 17.1 Å². The molecule has 0 aromatic rings. The van der Waals surface area contributed by atoms with Crippen LogP contribution in [0.15, 0.2) is 23.8 Å². The molecule has 0 amide bonds. The Morgan fingerprint density at radius 2 is 2.55 bits per heavy atom. The van der Waals surface area contributed by atoms with Crippen LogP contribution >= 0.6 is 11.6 Å². The van der Waals surface area contributed by atoms with Gasteiger partial charge in [-0.05, 0) is 25.3 Å². The minimum Gasteiger partial charge on any atom is -0.294 e. The Kier molecular flexibility index (Phi) is 2.89. The van der Waals surface area contributed by atoms with Crippen LogP contribution in [-0.2, 0) is 4.79 Å². The van der Waals surface area contributed by atoms with Crippen molar-refractivity contribution >= 4 is 17.4 Å². The smallest absolute Gasteiger partial charge is 0.160 e. The van der Waals surface area contributed by atoms with E-state index < -0.39 is 0 Å². The van der Waals surface area contributed by atoms with Crippen LogP contribution in [0, 0.1) is 5.92 Å². The normalized spacial score (nSPS) is 24.6. The van der Waals surface area contributed by atoms with Crippen molar-refractivity contribution in [3.63, 3.8) is 0 Å². The van der Waals surface area contributed by atoms with Gasteiger partial charge in [-0.2, -0.15) is 0 Å². The molecule has 0 radical (unpaired) electrons. The fraction of sp³-hybridized carbons (Fsp3) is 0.444. The van der Waals surface area contributed by atoms with Crippen molar-refractivity contribution < 1.29 is 4.79 Å². The summed E-state index contributed by atoms with van der Waals surface area (Å²) in [5, 5.41) is 0.690. The van der Waals surface area contributed by atoms with Gasteiger partial charge in [-0.1, -0.05) is 17.7 Å². The lowest BCUT2D eigenvalue weighted by Crippen LogP contribution is -2.15. The molecule has 0 spiro atoms. The van der Waals surface area contributed by atoms with E-state index in [1.54, 1.807) is 12.2 Å². The molecule has 1 nitrogen and oxygen atoms in total. The molecule has 1 rings (SSSR count). The summed E-state index contributed by atoms with van der Waals surface area (Å²) in [5.41, 5.74) is 0. The maximum absolute atomic E-state index is 11.2. The Hall–Kier alpha value is -0.560. The molecule has 0 saturated heterocycles. The van der Waals surface area contributed by atoms with Gasteiger partial charge in [-0.3, -0.25) is 4.79 Å². The van der Waals surface area contributed by atoms with E-state index in [1.165, 1.54) is 0 Å². The van der Waals surface area contributed by atoms with E-state index in [0.717, 1.165) is 19.3 Å². The number of hydrogen-bond acceptors (Lipinski definition) is 1. The fourth-order valence-electron chi connectivity index (χ4n) is 1.23. The molecule has 0 saturated carbocycles. The highest BCUT2D eigenvalue weighted by atomic mass is 35.5. The first-order valence-electron chi connectivity index (χ1n) is 3.75. The third-order valence-corrected chi connectivity index (χ3v) is 2.18. The first kappa shape index (κ1) is 8.54. The lowest BCUT2D eigenvalue weighted by atomic mass is 9.90. The fourth-order valence-corrected chi connectivity index (χ4v) is 1.45. The van der Waals surface area contributed by atoms with E-state index >= 15 is 0 Å². The van der Waals surface area contributed by atoms with Crippen LogP contribution in [0.4, 0.5) is 0 Å². The van der Waals surface area contributed by atoms with Gasteiger partial charge in [-0.15, -0.1) is 6.58 Å². The van der Waals surface area contributed by atoms with Crippen molar-refractivity contribution in [2.24, 2.45) is 5.92 Å². The molecule has 1 atom stereocenters. The lowest BCUT2D eigenvalue weighted by molar-refractivity contribution is -0.118. The van der Waals surface area contributed by atoms with Crippen LogP contribution in [0.25, 0.3) is 0 Å². The zero-order valence-corrected chi connectivity index (χ0v) is 7.10. The van der Waals surface area contributed by atoms with Crippen LogP contribution in [0.1, 0.15) is 19.3 Å². The molecule has 1 aliphatic rings. The standard InChI is InChI=1S/C9H11ClO/c1-2-3-7-4-5-8(10)6-9(7)11/h2,6-7H,1,3-5H2. The number of allylic oxidation sites excluding steroid dienone is 3. The van der Waals surface area contributed by atoms with Crippen molar-refractivity contribution in [2.75, 3.05) is 0 Å². The average Bonchev–Trinajstić information content (AvgIpc) is 1.95. The average molecular weight is 171 g/mol. The Bertz CT molecular complexity index is 206. The van der Waals surface area contributed by atoms with E-state index in [4.69, 9.17) is 11.6 Å². The highest BCUT2D eigenvalue weighted by Gasteiger charge is 2.19. The molecule has 0 bridgehead atoms. The van der Waals surface area contributed by atoms with Crippen molar-refractivity contribution in [3.8, 4) is 0 Å². The zero-order valence-electron chi connectivity index (χ0n) is 6.35. The van der Waals surface area contributed by atoms with E-state index in [2.05, 4.69) is 6.58 Å². The number of carbonyl (C=O) groups excluding carboxylic acids is 1. The molecule has 11 heavy (non-hydrogen) atoms. The minimum atomic E-state index is 0.134. The quantitative estimate of drug-likeness (QED) is 0.583. The van der Waals surface area contributed by atoms with E-state index in [1.807, 2.05) is 0 Å². The second kappa shape index (κ2) is 3.72. The molecule has 60 valence electrons. The van der Waals surface area contributed by atoms with Crippen molar-refractivity contribution in [1.29, 1.82) is 0 Å². The van der Waals surface area contributed by atoms with Crippen LogP contribution in [0.3, 0.4) is 0 Å². The summed E-state index contributed by atoms with van der Waals surface area (Å²) in [4.78, 5) is 11.2. The summed E-state index contributed by atoms with van der Waals surface area (Å²) in [6, 6.07) is 0. The molecule has 2 heteroatoms. The van der Waals surface area contributed by atoms with Crippen LogP contribution in [0.2, 0.25) is 0 Å². The molecular formula is C9H11ClO.